The maximum absolute atomic E-state index is 10.1. The van der Waals surface area contributed by atoms with Gasteiger partial charge in [-0.3, -0.25) is 0 Å². The Balaban J connectivity index is 4.44. The van der Waals surface area contributed by atoms with E-state index in [1.807, 2.05) is 0 Å². The Kier molecular flexibility index (Phi) is 7.54. The average molecular weight is 351 g/mol. The van der Waals surface area contributed by atoms with Gasteiger partial charge in [0.05, 0.1) is 13.2 Å². The van der Waals surface area contributed by atoms with Crippen molar-refractivity contribution in [2.75, 3.05) is 13.2 Å². The van der Waals surface area contributed by atoms with Crippen LogP contribution >= 0.6 is 0 Å². The zero-order valence-corrected chi connectivity index (χ0v) is 18.3. The van der Waals surface area contributed by atoms with E-state index in [4.69, 9.17) is 8.85 Å². The van der Waals surface area contributed by atoms with E-state index in [0.717, 1.165) is 0 Å². The topological polar surface area (TPSA) is 58.9 Å². The maximum Gasteiger partial charge on any atom is 0.192 e. The lowest BCUT2D eigenvalue weighted by Gasteiger charge is -2.38. The zero-order valence-electron chi connectivity index (χ0n) is 16.3. The normalized spacial score (nSPS) is 17.5. The Labute approximate surface area is 139 Å². The second kappa shape index (κ2) is 7.44. The van der Waals surface area contributed by atoms with Gasteiger partial charge in [-0.15, -0.1) is 0 Å². The quantitative estimate of drug-likeness (QED) is 0.687. The predicted octanol–water partition coefficient (Wildman–Crippen LogP) is 3.75. The van der Waals surface area contributed by atoms with Crippen molar-refractivity contribution in [2.45, 2.75) is 90.0 Å². The zero-order chi connectivity index (χ0) is 18.0. The predicted molar refractivity (Wildman–Crippen MR) is 98.3 cm³/mol. The van der Waals surface area contributed by atoms with Crippen LogP contribution in [-0.2, 0) is 8.85 Å². The third-order valence-electron chi connectivity index (χ3n) is 5.29. The van der Waals surface area contributed by atoms with Gasteiger partial charge in [-0.25, -0.2) is 0 Å². The van der Waals surface area contributed by atoms with E-state index in [2.05, 4.69) is 67.7 Å². The Bertz CT molecular complexity index is 309. The molecule has 0 aliphatic rings. The third-order valence-corrected chi connectivity index (χ3v) is 14.3. The first-order valence-corrected chi connectivity index (χ1v) is 14.0. The average Bonchev–Trinajstić information content (AvgIpc) is 2.30. The Morgan fingerprint density at radius 2 is 0.909 bits per heavy atom. The summed E-state index contributed by atoms with van der Waals surface area (Å²) in [6.45, 7) is 21.8. The van der Waals surface area contributed by atoms with Gasteiger partial charge >= 0.3 is 0 Å². The summed E-state index contributed by atoms with van der Waals surface area (Å²) < 4.78 is 11.9. The van der Waals surface area contributed by atoms with Gasteiger partial charge in [0, 0.05) is 0 Å². The van der Waals surface area contributed by atoms with Crippen molar-refractivity contribution in [3.8, 4) is 0 Å². The van der Waals surface area contributed by atoms with Gasteiger partial charge in [0.1, 0.15) is 12.2 Å². The molecule has 4 nitrogen and oxygen atoms in total. The molecule has 0 amide bonds. The molecule has 0 aromatic heterocycles. The summed E-state index contributed by atoms with van der Waals surface area (Å²) in [6, 6.07) is 0. The molecule has 0 saturated heterocycles. The van der Waals surface area contributed by atoms with Crippen LogP contribution in [0.15, 0.2) is 0 Å². The van der Waals surface area contributed by atoms with E-state index in [1.165, 1.54) is 0 Å². The minimum atomic E-state index is -1.91. The summed E-state index contributed by atoms with van der Waals surface area (Å²) in [5.74, 6) is 0. The van der Waals surface area contributed by atoms with Crippen molar-refractivity contribution >= 4 is 16.6 Å². The van der Waals surface area contributed by atoms with Gasteiger partial charge in [-0.05, 0) is 36.3 Å². The molecule has 2 N–H and O–H groups in total. The van der Waals surface area contributed by atoms with Crippen molar-refractivity contribution < 1.29 is 19.1 Å². The van der Waals surface area contributed by atoms with E-state index >= 15 is 0 Å². The molecule has 2 atom stereocenters. The number of hydrogen-bond donors (Lipinski definition) is 2. The van der Waals surface area contributed by atoms with Crippen LogP contribution in [0, 0.1) is 0 Å². The highest BCUT2D eigenvalue weighted by Crippen LogP contribution is 2.37. The first-order valence-electron chi connectivity index (χ1n) is 8.15. The second-order valence-corrected chi connectivity index (χ2v) is 18.9. The minimum absolute atomic E-state index is 0.0926. The van der Waals surface area contributed by atoms with Crippen LogP contribution in [-0.4, -0.2) is 52.3 Å². The molecule has 134 valence electrons. The summed E-state index contributed by atoms with van der Waals surface area (Å²) in [7, 11) is -3.81. The first-order chi connectivity index (χ1) is 9.51. The SMILES string of the molecule is CC(C)(C)[Si](C)(C)OC[C@@H](O)[C@H](O)CO[Si](C)(C)C(C)(C)C. The number of aliphatic hydroxyl groups excluding tert-OH is 2. The van der Waals surface area contributed by atoms with Crippen molar-refractivity contribution in [1.29, 1.82) is 0 Å². The highest BCUT2D eigenvalue weighted by molar-refractivity contribution is 6.74. The molecule has 0 aliphatic carbocycles. The summed E-state index contributed by atoms with van der Waals surface area (Å²) >= 11 is 0. The molecule has 0 bridgehead atoms. The highest BCUT2D eigenvalue weighted by atomic mass is 28.4. The molecule has 0 aliphatic heterocycles. The molecule has 0 unspecified atom stereocenters. The second-order valence-electron chi connectivity index (χ2n) is 9.28. The first kappa shape index (κ1) is 22.3. The molecule has 0 aromatic rings. The number of hydrogen-bond acceptors (Lipinski definition) is 4. The van der Waals surface area contributed by atoms with Crippen LogP contribution in [0.1, 0.15) is 41.5 Å². The Hall–Kier alpha value is 0.274. The summed E-state index contributed by atoms with van der Waals surface area (Å²) in [5, 5.41) is 20.4. The molecule has 0 fully saturated rings. The molecule has 0 aromatic carbocycles. The van der Waals surface area contributed by atoms with Crippen molar-refractivity contribution in [2.24, 2.45) is 0 Å². The highest BCUT2D eigenvalue weighted by Gasteiger charge is 2.39. The maximum atomic E-state index is 10.1. The molecule has 6 heteroatoms. The lowest BCUT2D eigenvalue weighted by atomic mass is 10.2. The largest absolute Gasteiger partial charge is 0.414 e. The smallest absolute Gasteiger partial charge is 0.192 e. The molecule has 22 heavy (non-hydrogen) atoms. The van der Waals surface area contributed by atoms with E-state index in [0.29, 0.717) is 0 Å². The molecule has 0 heterocycles. The fourth-order valence-corrected chi connectivity index (χ4v) is 3.28. The molecule has 0 rings (SSSR count). The van der Waals surface area contributed by atoms with Crippen LogP contribution < -0.4 is 0 Å². The summed E-state index contributed by atoms with van der Waals surface area (Å²) in [6.07, 6.45) is -1.81. The van der Waals surface area contributed by atoms with Crippen molar-refractivity contribution in [3.63, 3.8) is 0 Å². The molecule has 0 saturated carbocycles. The van der Waals surface area contributed by atoms with Crippen LogP contribution in [0.2, 0.25) is 36.3 Å². The van der Waals surface area contributed by atoms with Crippen LogP contribution in [0.4, 0.5) is 0 Å². The van der Waals surface area contributed by atoms with Gasteiger partial charge in [-0.2, -0.15) is 0 Å². The third kappa shape index (κ3) is 6.41. The fraction of sp³-hybridized carbons (Fsp3) is 1.00. The van der Waals surface area contributed by atoms with E-state index in [-0.39, 0.29) is 23.3 Å². The van der Waals surface area contributed by atoms with Gasteiger partial charge in [-0.1, -0.05) is 41.5 Å². The molecule has 0 spiro atoms. The van der Waals surface area contributed by atoms with Crippen LogP contribution in [0.5, 0.6) is 0 Å². The minimum Gasteiger partial charge on any atom is -0.414 e. The van der Waals surface area contributed by atoms with E-state index in [1.54, 1.807) is 0 Å². The molecular formula is C16H38O4Si2. The molecular weight excluding hydrogens is 312 g/mol. The molecule has 0 radical (unpaired) electrons. The fourth-order valence-electron chi connectivity index (χ4n) is 1.24. The van der Waals surface area contributed by atoms with Crippen molar-refractivity contribution in [1.82, 2.24) is 0 Å². The monoisotopic (exact) mass is 350 g/mol. The van der Waals surface area contributed by atoms with E-state index in [9.17, 15) is 10.2 Å². The number of aliphatic hydroxyl groups is 2. The van der Waals surface area contributed by atoms with E-state index < -0.39 is 28.8 Å². The van der Waals surface area contributed by atoms with Gasteiger partial charge in [0.25, 0.3) is 0 Å². The van der Waals surface area contributed by atoms with Crippen LogP contribution in [0.25, 0.3) is 0 Å². The van der Waals surface area contributed by atoms with Crippen LogP contribution in [0.3, 0.4) is 0 Å². The lowest BCUT2D eigenvalue weighted by molar-refractivity contribution is -0.0336. The summed E-state index contributed by atoms with van der Waals surface area (Å²) in [5.41, 5.74) is 0. The Morgan fingerprint density at radius 1 is 0.682 bits per heavy atom. The lowest BCUT2D eigenvalue weighted by Crippen LogP contribution is -2.47. The van der Waals surface area contributed by atoms with Gasteiger partial charge in [0.2, 0.25) is 0 Å². The van der Waals surface area contributed by atoms with Crippen molar-refractivity contribution in [3.05, 3.63) is 0 Å². The van der Waals surface area contributed by atoms with Gasteiger partial charge in [0.15, 0.2) is 16.6 Å². The summed E-state index contributed by atoms with van der Waals surface area (Å²) in [4.78, 5) is 0. The standard InChI is InChI=1S/C16H38O4Si2/c1-15(2,3)21(7,8)19-11-13(17)14(18)12-20-22(9,10)16(4,5)6/h13-14,17-18H,11-12H2,1-10H3/t13-,14-/m1/s1. The number of rotatable bonds is 7. The van der Waals surface area contributed by atoms with Gasteiger partial charge < -0.3 is 19.1 Å². The Morgan fingerprint density at radius 3 is 1.09 bits per heavy atom.